The highest BCUT2D eigenvalue weighted by Crippen LogP contribution is 2.25. The lowest BCUT2D eigenvalue weighted by Crippen LogP contribution is -2.29. The number of rotatable bonds is 3. The fraction of sp³-hybridized carbons (Fsp3) is 0.375. The molecular weight excluding hydrogens is 266 g/mol. The highest BCUT2D eigenvalue weighted by Gasteiger charge is 2.14. The van der Waals surface area contributed by atoms with Crippen molar-refractivity contribution in [3.8, 4) is 11.3 Å². The normalized spacial score (nSPS) is 15.2. The molecule has 0 saturated carbocycles. The lowest BCUT2D eigenvalue weighted by Gasteiger charge is -2.28. The molecule has 0 spiro atoms. The van der Waals surface area contributed by atoms with Crippen LogP contribution in [0.25, 0.3) is 11.3 Å². The van der Waals surface area contributed by atoms with Crippen molar-refractivity contribution in [2.45, 2.75) is 19.3 Å². The molecule has 0 aliphatic carbocycles. The monoisotopic (exact) mass is 285 g/mol. The standard InChI is InChI=1S/C16H19N3O2/c1-18-15(11-14(17-18)16(20)21)12-5-7-13(8-6-12)19-9-3-2-4-10-19/h5-8,11H,2-4,9-10H2,1H3,(H,20,21). The Bertz CT molecular complexity index is 640. The average Bonchev–Trinajstić information content (AvgIpc) is 2.91. The number of piperidine rings is 1. The SMILES string of the molecule is Cn1nc(C(=O)O)cc1-c1ccc(N2CCCCC2)cc1. The minimum Gasteiger partial charge on any atom is -0.476 e. The minimum atomic E-state index is -0.998. The van der Waals surface area contributed by atoms with Gasteiger partial charge in [-0.15, -0.1) is 0 Å². The Kier molecular flexibility index (Phi) is 3.64. The second-order valence-corrected chi connectivity index (χ2v) is 5.44. The summed E-state index contributed by atoms with van der Waals surface area (Å²) < 4.78 is 1.61. The summed E-state index contributed by atoms with van der Waals surface area (Å²) in [6.07, 6.45) is 3.83. The number of aryl methyl sites for hydroxylation is 1. The number of aromatic nitrogens is 2. The third-order valence-electron chi connectivity index (χ3n) is 3.98. The molecule has 3 rings (SSSR count). The Morgan fingerprint density at radius 1 is 1.14 bits per heavy atom. The van der Waals surface area contributed by atoms with Crippen LogP contribution in [0.15, 0.2) is 30.3 Å². The maximum Gasteiger partial charge on any atom is 0.356 e. The first-order chi connectivity index (χ1) is 10.1. The topological polar surface area (TPSA) is 58.4 Å². The van der Waals surface area contributed by atoms with E-state index in [1.54, 1.807) is 17.8 Å². The Labute approximate surface area is 123 Å². The van der Waals surface area contributed by atoms with Gasteiger partial charge in [0.1, 0.15) is 0 Å². The molecule has 0 amide bonds. The molecule has 1 fully saturated rings. The molecule has 1 saturated heterocycles. The molecule has 0 atom stereocenters. The number of carbonyl (C=O) groups is 1. The van der Waals surface area contributed by atoms with Crippen LogP contribution in [0.5, 0.6) is 0 Å². The number of carboxylic acids is 1. The predicted octanol–water partition coefficient (Wildman–Crippen LogP) is 2.78. The summed E-state index contributed by atoms with van der Waals surface area (Å²) in [5, 5.41) is 13.0. The maximum atomic E-state index is 11.0. The molecule has 1 aromatic heterocycles. The van der Waals surface area contributed by atoms with Crippen LogP contribution in [-0.4, -0.2) is 33.9 Å². The van der Waals surface area contributed by atoms with Crippen LogP contribution in [0.1, 0.15) is 29.8 Å². The third-order valence-corrected chi connectivity index (χ3v) is 3.98. The first kappa shape index (κ1) is 13.7. The quantitative estimate of drug-likeness (QED) is 0.942. The van der Waals surface area contributed by atoms with Gasteiger partial charge in [-0.2, -0.15) is 5.10 Å². The second-order valence-electron chi connectivity index (χ2n) is 5.44. The highest BCUT2D eigenvalue weighted by molar-refractivity contribution is 5.87. The van der Waals surface area contributed by atoms with E-state index in [9.17, 15) is 4.79 Å². The van der Waals surface area contributed by atoms with E-state index in [2.05, 4.69) is 22.1 Å². The number of nitrogens with zero attached hydrogens (tertiary/aromatic N) is 3. The van der Waals surface area contributed by atoms with E-state index in [4.69, 9.17) is 5.11 Å². The van der Waals surface area contributed by atoms with E-state index in [1.165, 1.54) is 24.9 Å². The Morgan fingerprint density at radius 2 is 1.81 bits per heavy atom. The molecule has 1 aliphatic rings. The fourth-order valence-corrected chi connectivity index (χ4v) is 2.84. The highest BCUT2D eigenvalue weighted by atomic mass is 16.4. The van der Waals surface area contributed by atoms with Crippen molar-refractivity contribution in [1.82, 2.24) is 9.78 Å². The van der Waals surface area contributed by atoms with E-state index >= 15 is 0 Å². The van der Waals surface area contributed by atoms with Crippen LogP contribution in [0.4, 0.5) is 5.69 Å². The van der Waals surface area contributed by atoms with Gasteiger partial charge < -0.3 is 10.0 Å². The number of benzene rings is 1. The maximum absolute atomic E-state index is 11.0. The fourth-order valence-electron chi connectivity index (χ4n) is 2.84. The van der Waals surface area contributed by atoms with Gasteiger partial charge >= 0.3 is 5.97 Å². The molecule has 2 aromatic rings. The van der Waals surface area contributed by atoms with Crippen LogP contribution >= 0.6 is 0 Å². The van der Waals surface area contributed by atoms with E-state index in [-0.39, 0.29) is 5.69 Å². The number of aromatic carboxylic acids is 1. The predicted molar refractivity (Wildman–Crippen MR) is 81.7 cm³/mol. The van der Waals surface area contributed by atoms with Crippen molar-refractivity contribution in [2.75, 3.05) is 18.0 Å². The summed E-state index contributed by atoms with van der Waals surface area (Å²) in [6, 6.07) is 9.89. The number of hydrogen-bond acceptors (Lipinski definition) is 3. The van der Waals surface area contributed by atoms with Gasteiger partial charge in [-0.25, -0.2) is 4.79 Å². The minimum absolute atomic E-state index is 0.0765. The van der Waals surface area contributed by atoms with Crippen molar-refractivity contribution >= 4 is 11.7 Å². The van der Waals surface area contributed by atoms with E-state index < -0.39 is 5.97 Å². The van der Waals surface area contributed by atoms with E-state index in [1.807, 2.05) is 12.1 Å². The molecule has 0 unspecified atom stereocenters. The molecule has 110 valence electrons. The molecule has 1 N–H and O–H groups in total. The Morgan fingerprint density at radius 3 is 2.38 bits per heavy atom. The first-order valence-corrected chi connectivity index (χ1v) is 7.28. The first-order valence-electron chi connectivity index (χ1n) is 7.28. The molecule has 2 heterocycles. The van der Waals surface area contributed by atoms with Crippen LogP contribution in [0.3, 0.4) is 0 Å². The van der Waals surface area contributed by atoms with Gasteiger partial charge in [0.25, 0.3) is 0 Å². The van der Waals surface area contributed by atoms with Crippen LogP contribution in [0.2, 0.25) is 0 Å². The Hall–Kier alpha value is -2.30. The van der Waals surface area contributed by atoms with Gasteiger partial charge in [0, 0.05) is 25.8 Å². The van der Waals surface area contributed by atoms with Gasteiger partial charge in [0.15, 0.2) is 5.69 Å². The third kappa shape index (κ3) is 2.77. The summed E-state index contributed by atoms with van der Waals surface area (Å²) in [5.74, 6) is -0.998. The molecule has 0 bridgehead atoms. The van der Waals surface area contributed by atoms with Crippen LogP contribution in [-0.2, 0) is 7.05 Å². The van der Waals surface area contributed by atoms with Crippen LogP contribution < -0.4 is 4.90 Å². The van der Waals surface area contributed by atoms with Crippen molar-refractivity contribution in [1.29, 1.82) is 0 Å². The lowest BCUT2D eigenvalue weighted by molar-refractivity contribution is 0.0689. The second kappa shape index (κ2) is 5.60. The number of hydrogen-bond donors (Lipinski definition) is 1. The summed E-state index contributed by atoms with van der Waals surface area (Å²) in [7, 11) is 1.76. The van der Waals surface area contributed by atoms with Gasteiger partial charge in [-0.3, -0.25) is 4.68 Å². The molecular formula is C16H19N3O2. The van der Waals surface area contributed by atoms with Gasteiger partial charge in [0.2, 0.25) is 0 Å². The number of anilines is 1. The lowest BCUT2D eigenvalue weighted by atomic mass is 10.1. The molecule has 0 radical (unpaired) electrons. The zero-order valence-electron chi connectivity index (χ0n) is 12.1. The summed E-state index contributed by atoms with van der Waals surface area (Å²) in [4.78, 5) is 13.4. The largest absolute Gasteiger partial charge is 0.476 e. The molecule has 1 aromatic carbocycles. The zero-order chi connectivity index (χ0) is 14.8. The van der Waals surface area contributed by atoms with Gasteiger partial charge in [-0.1, -0.05) is 12.1 Å². The van der Waals surface area contributed by atoms with Gasteiger partial charge in [0.05, 0.1) is 5.69 Å². The van der Waals surface area contributed by atoms with E-state index in [0.29, 0.717) is 0 Å². The van der Waals surface area contributed by atoms with Crippen molar-refractivity contribution in [2.24, 2.45) is 7.05 Å². The zero-order valence-corrected chi connectivity index (χ0v) is 12.1. The molecule has 5 nitrogen and oxygen atoms in total. The molecule has 5 heteroatoms. The molecule has 21 heavy (non-hydrogen) atoms. The van der Waals surface area contributed by atoms with Crippen molar-refractivity contribution in [3.05, 3.63) is 36.0 Å². The summed E-state index contributed by atoms with van der Waals surface area (Å²) in [5.41, 5.74) is 3.11. The van der Waals surface area contributed by atoms with Gasteiger partial charge in [-0.05, 0) is 43.0 Å². The Balaban J connectivity index is 1.85. The summed E-state index contributed by atoms with van der Waals surface area (Å²) in [6.45, 7) is 2.24. The summed E-state index contributed by atoms with van der Waals surface area (Å²) >= 11 is 0. The van der Waals surface area contributed by atoms with Crippen LogP contribution in [0, 0.1) is 0 Å². The van der Waals surface area contributed by atoms with E-state index in [0.717, 1.165) is 24.3 Å². The van der Waals surface area contributed by atoms with Crippen molar-refractivity contribution < 1.29 is 9.90 Å². The molecule has 1 aliphatic heterocycles. The smallest absolute Gasteiger partial charge is 0.356 e. The average molecular weight is 285 g/mol. The van der Waals surface area contributed by atoms with Crippen molar-refractivity contribution in [3.63, 3.8) is 0 Å². The number of carboxylic acid groups (broad SMARTS) is 1.